The van der Waals surface area contributed by atoms with Gasteiger partial charge in [-0.2, -0.15) is 18.3 Å². The van der Waals surface area contributed by atoms with Crippen LogP contribution in [0.5, 0.6) is 0 Å². The summed E-state index contributed by atoms with van der Waals surface area (Å²) in [7, 11) is 0. The molecule has 0 fully saturated rings. The van der Waals surface area contributed by atoms with Crippen LogP contribution in [-0.2, 0) is 6.18 Å². The standard InChI is InChI=1S/C10H5F4N3O2/c11-6-2-1-3-15-8(6)17-7(10(12,13)14)5(4-16-17)9(18)19/h1-4H,(H,18,19). The van der Waals surface area contributed by atoms with E-state index < -0.39 is 35.0 Å². The lowest BCUT2D eigenvalue weighted by Crippen LogP contribution is -2.18. The number of halogens is 4. The van der Waals surface area contributed by atoms with Crippen molar-refractivity contribution in [3.05, 3.63) is 41.6 Å². The van der Waals surface area contributed by atoms with Crippen molar-refractivity contribution in [2.75, 3.05) is 0 Å². The van der Waals surface area contributed by atoms with Crippen LogP contribution in [0.2, 0.25) is 0 Å². The van der Waals surface area contributed by atoms with Gasteiger partial charge >= 0.3 is 12.1 Å². The minimum absolute atomic E-state index is 0.124. The van der Waals surface area contributed by atoms with Crippen LogP contribution in [0.3, 0.4) is 0 Å². The third kappa shape index (κ3) is 2.26. The molecule has 9 heteroatoms. The zero-order chi connectivity index (χ0) is 14.2. The minimum atomic E-state index is -5.01. The molecule has 0 unspecified atom stereocenters. The molecule has 0 radical (unpaired) electrons. The second kappa shape index (κ2) is 4.34. The number of hydrogen-bond donors (Lipinski definition) is 1. The predicted octanol–water partition coefficient (Wildman–Crippen LogP) is 2.12. The third-order valence-electron chi connectivity index (χ3n) is 2.21. The fraction of sp³-hybridized carbons (Fsp3) is 0.100. The fourth-order valence-electron chi connectivity index (χ4n) is 1.47. The lowest BCUT2D eigenvalue weighted by atomic mass is 10.2. The van der Waals surface area contributed by atoms with Gasteiger partial charge in [-0.1, -0.05) is 0 Å². The number of hydrogen-bond acceptors (Lipinski definition) is 3. The molecule has 0 saturated carbocycles. The molecule has 0 aliphatic carbocycles. The van der Waals surface area contributed by atoms with Crippen LogP contribution in [0.4, 0.5) is 17.6 Å². The van der Waals surface area contributed by atoms with Crippen LogP contribution in [-0.4, -0.2) is 25.8 Å². The monoisotopic (exact) mass is 275 g/mol. The summed E-state index contributed by atoms with van der Waals surface area (Å²) in [4.78, 5) is 14.2. The van der Waals surface area contributed by atoms with Crippen molar-refractivity contribution in [1.82, 2.24) is 14.8 Å². The summed E-state index contributed by atoms with van der Waals surface area (Å²) in [6, 6.07) is 2.08. The van der Waals surface area contributed by atoms with Gasteiger partial charge in [0.2, 0.25) is 0 Å². The van der Waals surface area contributed by atoms with E-state index in [2.05, 4.69) is 10.1 Å². The van der Waals surface area contributed by atoms with Crippen molar-refractivity contribution in [3.8, 4) is 5.82 Å². The van der Waals surface area contributed by atoms with Crippen molar-refractivity contribution < 1.29 is 27.5 Å². The Bertz CT molecular complexity index is 636. The molecular weight excluding hydrogens is 270 g/mol. The van der Waals surface area contributed by atoms with Crippen LogP contribution in [0.15, 0.2) is 24.5 Å². The molecule has 2 heterocycles. The Hall–Kier alpha value is -2.45. The van der Waals surface area contributed by atoms with Gasteiger partial charge in [-0.15, -0.1) is 0 Å². The van der Waals surface area contributed by atoms with E-state index in [4.69, 9.17) is 5.11 Å². The van der Waals surface area contributed by atoms with Crippen LogP contribution in [0.25, 0.3) is 5.82 Å². The third-order valence-corrected chi connectivity index (χ3v) is 2.21. The lowest BCUT2D eigenvalue weighted by molar-refractivity contribution is -0.143. The SMILES string of the molecule is O=C(O)c1cnn(-c2ncccc2F)c1C(F)(F)F. The maximum Gasteiger partial charge on any atom is 0.434 e. The summed E-state index contributed by atoms with van der Waals surface area (Å²) in [6.07, 6.45) is -3.44. The van der Waals surface area contributed by atoms with Gasteiger partial charge in [-0.25, -0.2) is 18.9 Å². The summed E-state index contributed by atoms with van der Waals surface area (Å²) in [5, 5.41) is 11.9. The number of carboxylic acid groups (broad SMARTS) is 1. The second-order valence-corrected chi connectivity index (χ2v) is 3.43. The van der Waals surface area contributed by atoms with E-state index in [1.165, 1.54) is 6.07 Å². The molecule has 0 atom stereocenters. The Labute approximate surface area is 103 Å². The van der Waals surface area contributed by atoms with Gasteiger partial charge in [0.15, 0.2) is 17.3 Å². The maximum atomic E-state index is 13.4. The Kier molecular flexibility index (Phi) is 2.97. The summed E-state index contributed by atoms with van der Waals surface area (Å²) in [5.74, 6) is -3.58. The summed E-state index contributed by atoms with van der Waals surface area (Å²) >= 11 is 0. The highest BCUT2D eigenvalue weighted by Crippen LogP contribution is 2.33. The molecule has 0 spiro atoms. The lowest BCUT2D eigenvalue weighted by Gasteiger charge is -2.11. The molecule has 0 aromatic carbocycles. The van der Waals surface area contributed by atoms with Crippen molar-refractivity contribution in [2.45, 2.75) is 6.18 Å². The number of pyridine rings is 1. The summed E-state index contributed by atoms with van der Waals surface area (Å²) in [6.45, 7) is 0. The van der Waals surface area contributed by atoms with Gasteiger partial charge in [-0.05, 0) is 12.1 Å². The normalized spacial score (nSPS) is 11.6. The Morgan fingerprint density at radius 2 is 2.05 bits per heavy atom. The molecule has 0 aliphatic rings. The van der Waals surface area contributed by atoms with Gasteiger partial charge in [0, 0.05) is 6.20 Å². The highest BCUT2D eigenvalue weighted by Gasteiger charge is 2.41. The summed E-state index contributed by atoms with van der Waals surface area (Å²) < 4.78 is 52.1. The minimum Gasteiger partial charge on any atom is -0.478 e. The van der Waals surface area contributed by atoms with Gasteiger partial charge < -0.3 is 5.11 Å². The topological polar surface area (TPSA) is 68.0 Å². The molecule has 0 aliphatic heterocycles. The van der Waals surface area contributed by atoms with Crippen molar-refractivity contribution in [2.24, 2.45) is 0 Å². The van der Waals surface area contributed by atoms with Gasteiger partial charge in [0.25, 0.3) is 0 Å². The maximum absolute atomic E-state index is 13.4. The number of aromatic carboxylic acids is 1. The first kappa shape index (κ1) is 13.0. The molecule has 2 rings (SSSR count). The van der Waals surface area contributed by atoms with E-state index in [0.717, 1.165) is 12.3 Å². The number of nitrogens with zero attached hydrogens (tertiary/aromatic N) is 3. The van der Waals surface area contributed by atoms with Crippen molar-refractivity contribution >= 4 is 5.97 Å². The van der Waals surface area contributed by atoms with Gasteiger partial charge in [-0.3, -0.25) is 0 Å². The van der Waals surface area contributed by atoms with Crippen LogP contribution in [0.1, 0.15) is 16.1 Å². The molecule has 0 saturated heterocycles. The van der Waals surface area contributed by atoms with E-state index in [9.17, 15) is 22.4 Å². The number of carbonyl (C=O) groups is 1. The van der Waals surface area contributed by atoms with Crippen LogP contribution >= 0.6 is 0 Å². The largest absolute Gasteiger partial charge is 0.478 e. The molecule has 0 bridgehead atoms. The first-order valence-electron chi connectivity index (χ1n) is 4.81. The quantitative estimate of drug-likeness (QED) is 0.852. The Balaban J connectivity index is 2.73. The average molecular weight is 275 g/mol. The molecule has 0 amide bonds. The number of rotatable bonds is 2. The van der Waals surface area contributed by atoms with E-state index >= 15 is 0 Å². The first-order chi connectivity index (χ1) is 8.82. The molecule has 5 nitrogen and oxygen atoms in total. The molecule has 19 heavy (non-hydrogen) atoms. The van der Waals surface area contributed by atoms with Crippen molar-refractivity contribution in [1.29, 1.82) is 0 Å². The van der Waals surface area contributed by atoms with Crippen LogP contribution < -0.4 is 0 Å². The smallest absolute Gasteiger partial charge is 0.434 e. The number of carboxylic acids is 1. The van der Waals surface area contributed by atoms with E-state index in [-0.39, 0.29) is 4.68 Å². The van der Waals surface area contributed by atoms with Crippen LogP contribution in [0, 0.1) is 5.82 Å². The van der Waals surface area contributed by atoms with E-state index in [0.29, 0.717) is 6.20 Å². The Morgan fingerprint density at radius 3 is 2.58 bits per heavy atom. The highest BCUT2D eigenvalue weighted by molar-refractivity contribution is 5.89. The molecule has 2 aromatic rings. The van der Waals surface area contributed by atoms with Gasteiger partial charge in [0.05, 0.1) is 6.20 Å². The van der Waals surface area contributed by atoms with E-state index in [1.54, 1.807) is 0 Å². The zero-order valence-electron chi connectivity index (χ0n) is 9.02. The molecule has 2 aromatic heterocycles. The average Bonchev–Trinajstić information content (AvgIpc) is 2.73. The van der Waals surface area contributed by atoms with E-state index in [1.807, 2.05) is 0 Å². The number of aromatic nitrogens is 3. The Morgan fingerprint density at radius 1 is 1.37 bits per heavy atom. The molecular formula is C10H5F4N3O2. The fourth-order valence-corrected chi connectivity index (χ4v) is 1.47. The van der Waals surface area contributed by atoms with Gasteiger partial charge in [0.1, 0.15) is 5.56 Å². The number of alkyl halides is 3. The molecule has 100 valence electrons. The molecule has 1 N–H and O–H groups in total. The highest BCUT2D eigenvalue weighted by atomic mass is 19.4. The second-order valence-electron chi connectivity index (χ2n) is 3.43. The zero-order valence-corrected chi connectivity index (χ0v) is 9.02. The predicted molar refractivity (Wildman–Crippen MR) is 53.3 cm³/mol. The summed E-state index contributed by atoms with van der Waals surface area (Å²) in [5.41, 5.74) is -2.66. The first-order valence-corrected chi connectivity index (χ1v) is 4.81. The van der Waals surface area contributed by atoms with Crippen molar-refractivity contribution in [3.63, 3.8) is 0 Å².